The number of sulfonamides is 1. The molecule has 0 unspecified atom stereocenters. The molecule has 0 aliphatic carbocycles. The lowest BCUT2D eigenvalue weighted by Crippen LogP contribution is -2.53. The van der Waals surface area contributed by atoms with Crippen LogP contribution in [-0.4, -0.2) is 51.0 Å². The van der Waals surface area contributed by atoms with Gasteiger partial charge < -0.3 is 10.2 Å². The maximum Gasteiger partial charge on any atom is 0.244 e. The third-order valence-corrected chi connectivity index (χ3v) is 6.71. The van der Waals surface area contributed by atoms with E-state index in [2.05, 4.69) is 5.32 Å². The van der Waals surface area contributed by atoms with Gasteiger partial charge in [0.15, 0.2) is 0 Å². The maximum absolute atomic E-state index is 14.5. The predicted molar refractivity (Wildman–Crippen MR) is 134 cm³/mol. The van der Waals surface area contributed by atoms with E-state index in [1.807, 2.05) is 6.07 Å². The summed E-state index contributed by atoms with van der Waals surface area (Å²) in [5.74, 6) is -2.47. The average molecular weight is 516 g/mol. The second-order valence-corrected chi connectivity index (χ2v) is 10.1. The molecule has 10 heteroatoms. The molecule has 0 heterocycles. The van der Waals surface area contributed by atoms with E-state index in [-0.39, 0.29) is 18.7 Å². The molecule has 0 aliphatic rings. The van der Waals surface area contributed by atoms with E-state index in [0.29, 0.717) is 9.87 Å². The Balaban J connectivity index is 2.03. The zero-order valence-electron chi connectivity index (χ0n) is 19.9. The SMILES string of the molecule is CNC(=O)[C@H](Cc1ccccc1)N(Cc1ccc(F)cc1)C(=O)CN(c1ccccc1F)S(C)(=O)=O. The van der Waals surface area contributed by atoms with Crippen LogP contribution in [0.5, 0.6) is 0 Å². The second-order valence-electron chi connectivity index (χ2n) is 8.19. The molecule has 0 bridgehead atoms. The summed E-state index contributed by atoms with van der Waals surface area (Å²) in [6, 6.07) is 18.6. The number of carbonyl (C=O) groups is 2. The van der Waals surface area contributed by atoms with E-state index in [0.717, 1.165) is 17.9 Å². The smallest absolute Gasteiger partial charge is 0.244 e. The summed E-state index contributed by atoms with van der Waals surface area (Å²) in [5.41, 5.74) is 1.02. The summed E-state index contributed by atoms with van der Waals surface area (Å²) >= 11 is 0. The van der Waals surface area contributed by atoms with Crippen LogP contribution in [0, 0.1) is 11.6 Å². The van der Waals surface area contributed by atoms with Crippen molar-refractivity contribution in [2.75, 3.05) is 24.2 Å². The third kappa shape index (κ3) is 6.88. The third-order valence-electron chi connectivity index (χ3n) is 5.58. The van der Waals surface area contributed by atoms with Crippen molar-refractivity contribution < 1.29 is 26.8 Å². The Kier molecular flexibility index (Phi) is 8.76. The molecule has 36 heavy (non-hydrogen) atoms. The van der Waals surface area contributed by atoms with Crippen LogP contribution in [0.1, 0.15) is 11.1 Å². The van der Waals surface area contributed by atoms with E-state index < -0.39 is 46.1 Å². The molecule has 0 aromatic heterocycles. The number of hydrogen-bond acceptors (Lipinski definition) is 4. The average Bonchev–Trinajstić information content (AvgIpc) is 2.85. The number of likely N-dealkylation sites (N-methyl/N-ethyl adjacent to an activating group) is 1. The van der Waals surface area contributed by atoms with Crippen LogP contribution in [0.4, 0.5) is 14.5 Å². The van der Waals surface area contributed by atoms with Crippen molar-refractivity contribution in [2.45, 2.75) is 19.0 Å². The number of amides is 2. The van der Waals surface area contributed by atoms with E-state index >= 15 is 0 Å². The number of nitrogens with one attached hydrogen (secondary N) is 1. The summed E-state index contributed by atoms with van der Waals surface area (Å²) in [6.07, 6.45) is 1.02. The van der Waals surface area contributed by atoms with Crippen LogP contribution in [0.15, 0.2) is 78.9 Å². The molecule has 3 rings (SSSR count). The standard InChI is InChI=1S/C26H27F2N3O4S/c1-29-26(33)24(16-19-8-4-3-5-9-19)30(17-20-12-14-21(27)15-13-20)25(32)18-31(36(2,34)35)23-11-7-6-10-22(23)28/h3-15,24H,16-18H2,1-2H3,(H,29,33)/t24-/m0/s1. The quantitative estimate of drug-likeness (QED) is 0.450. The Morgan fingerprint density at radius 3 is 2.08 bits per heavy atom. The molecule has 0 fully saturated rings. The van der Waals surface area contributed by atoms with Gasteiger partial charge in [-0.2, -0.15) is 0 Å². The zero-order valence-corrected chi connectivity index (χ0v) is 20.7. The van der Waals surface area contributed by atoms with Gasteiger partial charge in [0.1, 0.15) is 24.2 Å². The summed E-state index contributed by atoms with van der Waals surface area (Å²) in [7, 11) is -2.63. The molecule has 1 N–H and O–H groups in total. The normalized spacial score (nSPS) is 12.0. The van der Waals surface area contributed by atoms with Gasteiger partial charge in [0, 0.05) is 20.0 Å². The molecule has 3 aromatic carbocycles. The van der Waals surface area contributed by atoms with Gasteiger partial charge in [-0.15, -0.1) is 0 Å². The number of halogens is 2. The van der Waals surface area contributed by atoms with Gasteiger partial charge in [0.25, 0.3) is 0 Å². The first-order valence-electron chi connectivity index (χ1n) is 11.1. The number of hydrogen-bond donors (Lipinski definition) is 1. The molecular formula is C26H27F2N3O4S. The number of rotatable bonds is 10. The van der Waals surface area contributed by atoms with E-state index in [1.54, 1.807) is 24.3 Å². The molecule has 0 saturated heterocycles. The van der Waals surface area contributed by atoms with Crippen molar-refractivity contribution in [1.29, 1.82) is 0 Å². The van der Waals surface area contributed by atoms with Crippen LogP contribution in [-0.2, 0) is 32.6 Å². The molecule has 190 valence electrons. The molecule has 0 aliphatic heterocycles. The van der Waals surface area contributed by atoms with Gasteiger partial charge in [-0.25, -0.2) is 17.2 Å². The summed E-state index contributed by atoms with van der Waals surface area (Å²) in [6.45, 7) is -0.831. The van der Waals surface area contributed by atoms with E-state index in [1.165, 1.54) is 54.4 Å². The Bertz CT molecular complexity index is 1300. The number of carbonyl (C=O) groups excluding carboxylic acids is 2. The topological polar surface area (TPSA) is 86.8 Å². The Morgan fingerprint density at radius 2 is 1.50 bits per heavy atom. The molecular weight excluding hydrogens is 488 g/mol. The molecule has 1 atom stereocenters. The lowest BCUT2D eigenvalue weighted by Gasteiger charge is -2.33. The predicted octanol–water partition coefficient (Wildman–Crippen LogP) is 3.12. The van der Waals surface area contributed by atoms with Crippen molar-refractivity contribution in [3.05, 3.63) is 102 Å². The first-order chi connectivity index (χ1) is 17.1. The van der Waals surface area contributed by atoms with Crippen molar-refractivity contribution in [3.8, 4) is 0 Å². The van der Waals surface area contributed by atoms with Gasteiger partial charge in [-0.05, 0) is 35.4 Å². The highest BCUT2D eigenvalue weighted by Gasteiger charge is 2.33. The van der Waals surface area contributed by atoms with Crippen molar-refractivity contribution >= 4 is 27.5 Å². The molecule has 2 amide bonds. The van der Waals surface area contributed by atoms with Crippen LogP contribution >= 0.6 is 0 Å². The summed E-state index contributed by atoms with van der Waals surface area (Å²) < 4.78 is 53.8. The van der Waals surface area contributed by atoms with Crippen molar-refractivity contribution in [3.63, 3.8) is 0 Å². The highest BCUT2D eigenvalue weighted by atomic mass is 32.2. The summed E-state index contributed by atoms with van der Waals surface area (Å²) in [5, 5.41) is 2.56. The second kappa shape index (κ2) is 11.8. The monoisotopic (exact) mass is 515 g/mol. The number of benzene rings is 3. The van der Waals surface area contributed by atoms with Gasteiger partial charge >= 0.3 is 0 Å². The fraction of sp³-hybridized carbons (Fsp3) is 0.231. The molecule has 0 spiro atoms. The lowest BCUT2D eigenvalue weighted by atomic mass is 10.0. The first-order valence-corrected chi connectivity index (χ1v) is 13.0. The van der Waals surface area contributed by atoms with E-state index in [9.17, 15) is 26.8 Å². The minimum atomic E-state index is -4.06. The highest BCUT2D eigenvalue weighted by Crippen LogP contribution is 2.23. The van der Waals surface area contributed by atoms with Gasteiger partial charge in [-0.3, -0.25) is 13.9 Å². The zero-order chi connectivity index (χ0) is 26.3. The fourth-order valence-electron chi connectivity index (χ4n) is 3.76. The number of nitrogens with zero attached hydrogens (tertiary/aromatic N) is 2. The molecule has 3 aromatic rings. The first kappa shape index (κ1) is 26.8. The van der Waals surface area contributed by atoms with Gasteiger partial charge in [0.2, 0.25) is 21.8 Å². The minimum Gasteiger partial charge on any atom is -0.357 e. The van der Waals surface area contributed by atoms with Crippen LogP contribution in [0.25, 0.3) is 0 Å². The molecule has 0 saturated carbocycles. The number of anilines is 1. The summed E-state index contributed by atoms with van der Waals surface area (Å²) in [4.78, 5) is 27.8. The van der Waals surface area contributed by atoms with Crippen molar-refractivity contribution in [1.82, 2.24) is 10.2 Å². The Labute approximate surface area is 209 Å². The highest BCUT2D eigenvalue weighted by molar-refractivity contribution is 7.92. The van der Waals surface area contributed by atoms with Crippen LogP contribution < -0.4 is 9.62 Å². The molecule has 0 radical (unpaired) electrons. The molecule has 7 nitrogen and oxygen atoms in total. The van der Waals surface area contributed by atoms with Crippen LogP contribution in [0.3, 0.4) is 0 Å². The van der Waals surface area contributed by atoms with Gasteiger partial charge in [0.05, 0.1) is 11.9 Å². The Hall–Kier alpha value is -3.79. The van der Waals surface area contributed by atoms with Gasteiger partial charge in [-0.1, -0.05) is 54.6 Å². The largest absolute Gasteiger partial charge is 0.357 e. The lowest BCUT2D eigenvalue weighted by molar-refractivity contribution is -0.139. The van der Waals surface area contributed by atoms with E-state index in [4.69, 9.17) is 0 Å². The maximum atomic E-state index is 14.5. The number of para-hydroxylation sites is 1. The fourth-order valence-corrected chi connectivity index (χ4v) is 4.61. The Morgan fingerprint density at radius 1 is 0.889 bits per heavy atom. The van der Waals surface area contributed by atoms with Crippen LogP contribution in [0.2, 0.25) is 0 Å². The minimum absolute atomic E-state index is 0.0983. The van der Waals surface area contributed by atoms with Crippen molar-refractivity contribution in [2.24, 2.45) is 0 Å².